The van der Waals surface area contributed by atoms with Crippen LogP contribution in [0.2, 0.25) is 0 Å². The first kappa shape index (κ1) is 21.2. The number of halogens is 3. The lowest BCUT2D eigenvalue weighted by Gasteiger charge is -2.07. The van der Waals surface area contributed by atoms with E-state index in [1.54, 1.807) is 13.0 Å². The number of nitrogens with zero attached hydrogens (tertiary/aromatic N) is 6. The monoisotopic (exact) mass is 468 g/mol. The summed E-state index contributed by atoms with van der Waals surface area (Å²) in [6, 6.07) is 3.88. The largest absolute Gasteiger partial charge is 0.534 e. The normalized spacial score (nSPS) is 12.1. The van der Waals surface area contributed by atoms with E-state index >= 15 is 0 Å². The molecule has 0 spiro atoms. The highest BCUT2D eigenvalue weighted by molar-refractivity contribution is 7.87. The molecule has 1 amide bonds. The molecule has 0 bridgehead atoms. The van der Waals surface area contributed by atoms with Gasteiger partial charge in [-0.2, -0.15) is 31.4 Å². The molecule has 0 saturated heterocycles. The molecule has 0 aliphatic rings. The molecule has 0 fully saturated rings. The van der Waals surface area contributed by atoms with Crippen molar-refractivity contribution in [2.24, 2.45) is 0 Å². The number of nitrogens with one attached hydrogen (secondary N) is 2. The Bertz CT molecular complexity index is 1410. The highest BCUT2D eigenvalue weighted by Crippen LogP contribution is 2.29. The number of aromatic nitrogens is 7. The summed E-state index contributed by atoms with van der Waals surface area (Å²) in [5.41, 5.74) is -4.49. The van der Waals surface area contributed by atoms with E-state index < -0.39 is 27.4 Å². The Morgan fingerprint density at radius 2 is 2.00 bits per heavy atom. The second kappa shape index (κ2) is 7.56. The van der Waals surface area contributed by atoms with Crippen LogP contribution in [0, 0.1) is 6.92 Å². The van der Waals surface area contributed by atoms with Crippen LogP contribution in [0.5, 0.6) is 5.88 Å². The van der Waals surface area contributed by atoms with Crippen LogP contribution in [-0.4, -0.2) is 54.8 Å². The molecule has 12 nitrogen and oxygen atoms in total. The van der Waals surface area contributed by atoms with Gasteiger partial charge in [-0.15, -0.1) is 5.10 Å². The summed E-state index contributed by atoms with van der Waals surface area (Å²) >= 11 is 0. The zero-order valence-electron chi connectivity index (χ0n) is 15.8. The summed E-state index contributed by atoms with van der Waals surface area (Å²) in [7, 11) is -5.99. The number of rotatable bonds is 5. The Balaban J connectivity index is 1.73. The predicted octanol–water partition coefficient (Wildman–Crippen LogP) is 1.72. The second-order valence-corrected chi connectivity index (χ2v) is 7.81. The lowest BCUT2D eigenvalue weighted by atomic mass is 10.3. The average molecular weight is 468 g/mol. The summed E-state index contributed by atoms with van der Waals surface area (Å²) in [6.45, 7) is 1.75. The molecule has 166 valence electrons. The lowest BCUT2D eigenvalue weighted by molar-refractivity contribution is -0.0501. The molecule has 0 saturated carbocycles. The Labute approximate surface area is 176 Å². The number of carbonyl (C=O) groups is 1. The second-order valence-electron chi connectivity index (χ2n) is 6.27. The molecule has 16 heteroatoms. The maximum absolute atomic E-state index is 12.7. The van der Waals surface area contributed by atoms with Gasteiger partial charge < -0.3 is 9.50 Å². The van der Waals surface area contributed by atoms with E-state index in [0.717, 1.165) is 16.3 Å². The maximum Gasteiger partial charge on any atom is 0.534 e. The number of hydrogen-bond donors (Lipinski definition) is 2. The first-order chi connectivity index (χ1) is 15.0. The molecule has 0 aromatic carbocycles. The highest BCUT2D eigenvalue weighted by Gasteiger charge is 2.49. The van der Waals surface area contributed by atoms with E-state index in [2.05, 4.69) is 39.7 Å². The van der Waals surface area contributed by atoms with Gasteiger partial charge in [0, 0.05) is 12.3 Å². The molecule has 0 unspecified atom stereocenters. The minimum atomic E-state index is -5.99. The maximum atomic E-state index is 12.7. The zero-order valence-corrected chi connectivity index (χ0v) is 16.6. The third kappa shape index (κ3) is 3.94. The van der Waals surface area contributed by atoms with Crippen LogP contribution in [0.3, 0.4) is 0 Å². The van der Waals surface area contributed by atoms with Crippen molar-refractivity contribution in [2.45, 2.75) is 12.4 Å². The number of aromatic amines is 1. The topological polar surface area (TPSA) is 158 Å². The lowest BCUT2D eigenvalue weighted by Crippen LogP contribution is -2.28. The van der Waals surface area contributed by atoms with E-state index in [0.29, 0.717) is 5.52 Å². The number of H-pyrrole nitrogens is 1. The number of fused-ring (bicyclic) bond motifs is 1. The molecule has 4 rings (SSSR count). The van der Waals surface area contributed by atoms with E-state index in [1.807, 2.05) is 0 Å². The van der Waals surface area contributed by atoms with Gasteiger partial charge in [-0.3, -0.25) is 9.89 Å². The Kier molecular flexibility index (Phi) is 5.00. The van der Waals surface area contributed by atoms with Gasteiger partial charge in [0.15, 0.2) is 11.5 Å². The van der Waals surface area contributed by atoms with Crippen molar-refractivity contribution in [3.63, 3.8) is 0 Å². The number of alkyl halides is 3. The van der Waals surface area contributed by atoms with Crippen molar-refractivity contribution < 1.29 is 30.6 Å². The molecular formula is C16H11F3N8O4S. The van der Waals surface area contributed by atoms with E-state index in [-0.39, 0.29) is 22.8 Å². The van der Waals surface area contributed by atoms with Gasteiger partial charge in [0.2, 0.25) is 0 Å². The highest BCUT2D eigenvalue weighted by atomic mass is 32.2. The first-order valence-corrected chi connectivity index (χ1v) is 9.95. The third-order valence-corrected chi connectivity index (χ3v) is 4.92. The molecule has 2 N–H and O–H groups in total. The number of aryl methyl sites for hydroxylation is 1. The minimum absolute atomic E-state index is 0.0689. The van der Waals surface area contributed by atoms with Crippen LogP contribution in [0.15, 0.2) is 36.9 Å². The average Bonchev–Trinajstić information content (AvgIpc) is 3.31. The molecule has 4 aromatic heterocycles. The molecule has 4 aromatic rings. The third-order valence-electron chi connectivity index (χ3n) is 3.96. The standard InChI is InChI=1S/C16H11F3N8O4S/c1-8-2-3-10(21-5-8)27-11(4-12(26-27)31-32(29,30)16(17,18)19)23-15(28)14-13-9(24-25-14)6-20-7-22-13/h2-7H,1H3,(H,23,28)(H,24,25). The van der Waals surface area contributed by atoms with Gasteiger partial charge in [0.05, 0.1) is 6.20 Å². The molecular weight excluding hydrogens is 457 g/mol. The molecule has 32 heavy (non-hydrogen) atoms. The van der Waals surface area contributed by atoms with Gasteiger partial charge in [-0.25, -0.2) is 15.0 Å². The molecule has 0 atom stereocenters. The predicted molar refractivity (Wildman–Crippen MR) is 101 cm³/mol. The van der Waals surface area contributed by atoms with E-state index in [9.17, 15) is 26.4 Å². The summed E-state index contributed by atoms with van der Waals surface area (Å²) in [5, 5.41) is 12.5. The van der Waals surface area contributed by atoms with Gasteiger partial charge in [-0.05, 0) is 18.6 Å². The first-order valence-electron chi connectivity index (χ1n) is 8.54. The van der Waals surface area contributed by atoms with E-state index in [4.69, 9.17) is 0 Å². The molecule has 4 heterocycles. The van der Waals surface area contributed by atoms with Gasteiger partial charge >= 0.3 is 15.6 Å². The van der Waals surface area contributed by atoms with Gasteiger partial charge in [-0.1, -0.05) is 6.07 Å². The number of pyridine rings is 1. The van der Waals surface area contributed by atoms with Gasteiger partial charge in [0.25, 0.3) is 11.8 Å². The summed E-state index contributed by atoms with van der Waals surface area (Å²) in [6.07, 6.45) is 4.03. The van der Waals surface area contributed by atoms with Crippen molar-refractivity contribution in [3.05, 3.63) is 48.2 Å². The summed E-state index contributed by atoms with van der Waals surface area (Å²) in [4.78, 5) is 24.5. The minimum Gasteiger partial charge on any atom is -0.354 e. The van der Waals surface area contributed by atoms with Crippen LogP contribution in [0.4, 0.5) is 19.0 Å². The van der Waals surface area contributed by atoms with Crippen LogP contribution < -0.4 is 9.50 Å². The zero-order chi connectivity index (χ0) is 23.1. The number of carbonyl (C=O) groups excluding carboxylic acids is 1. The quantitative estimate of drug-likeness (QED) is 0.329. The molecule has 0 radical (unpaired) electrons. The fraction of sp³-hybridized carbons (Fsp3) is 0.125. The van der Waals surface area contributed by atoms with Crippen LogP contribution in [0.25, 0.3) is 16.9 Å². The van der Waals surface area contributed by atoms with Crippen molar-refractivity contribution in [1.29, 1.82) is 0 Å². The van der Waals surface area contributed by atoms with Gasteiger partial charge in [0.1, 0.15) is 23.2 Å². The van der Waals surface area contributed by atoms with Crippen LogP contribution >= 0.6 is 0 Å². The summed E-state index contributed by atoms with van der Waals surface area (Å²) < 4.78 is 65.7. The molecule has 0 aliphatic carbocycles. The fourth-order valence-corrected chi connectivity index (χ4v) is 2.91. The number of amides is 1. The number of hydrogen-bond acceptors (Lipinski definition) is 9. The fourth-order valence-electron chi connectivity index (χ4n) is 2.51. The smallest absolute Gasteiger partial charge is 0.354 e. The van der Waals surface area contributed by atoms with Crippen molar-refractivity contribution in [1.82, 2.24) is 34.9 Å². The summed E-state index contributed by atoms with van der Waals surface area (Å²) in [5.74, 6) is -1.91. The van der Waals surface area contributed by atoms with Crippen molar-refractivity contribution >= 4 is 32.9 Å². The molecule has 0 aliphatic heterocycles. The Hall–Kier alpha value is -4.08. The Morgan fingerprint density at radius 1 is 1.22 bits per heavy atom. The Morgan fingerprint density at radius 3 is 2.69 bits per heavy atom. The van der Waals surface area contributed by atoms with E-state index in [1.165, 1.54) is 24.8 Å². The van der Waals surface area contributed by atoms with Crippen molar-refractivity contribution in [2.75, 3.05) is 5.32 Å². The van der Waals surface area contributed by atoms with Crippen molar-refractivity contribution in [3.8, 4) is 11.7 Å². The number of anilines is 1. The van der Waals surface area contributed by atoms with Crippen LogP contribution in [0.1, 0.15) is 16.1 Å². The SMILES string of the molecule is Cc1ccc(-n2nc(OS(=O)(=O)C(F)(F)F)cc2NC(=O)c2n[nH]c3cncnc23)nc1. The van der Waals surface area contributed by atoms with Crippen LogP contribution in [-0.2, 0) is 10.1 Å².